The van der Waals surface area contributed by atoms with E-state index in [0.717, 1.165) is 16.7 Å². The molecule has 0 aliphatic heterocycles. The van der Waals surface area contributed by atoms with Crippen molar-refractivity contribution in [2.24, 2.45) is 4.99 Å². The second kappa shape index (κ2) is 6.31. The monoisotopic (exact) mass is 301 g/mol. The normalized spacial score (nSPS) is 13.6. The Hall–Kier alpha value is -1.81. The summed E-state index contributed by atoms with van der Waals surface area (Å²) in [7, 11) is 0.210. The van der Waals surface area contributed by atoms with E-state index in [1.165, 1.54) is 5.56 Å². The second-order valence-corrected chi connectivity index (χ2v) is 11.1. The highest BCUT2D eigenvalue weighted by Crippen LogP contribution is 2.20. The Balaban J connectivity index is 2.15. The molecule has 112 valence electrons. The highest BCUT2D eigenvalue weighted by molar-refractivity contribution is 6.88. The molecular formula is C17H23NO2Si. The second-order valence-electron chi connectivity index (χ2n) is 6.18. The largest absolute Gasteiger partial charge is 0.497 e. The van der Waals surface area contributed by atoms with E-state index >= 15 is 0 Å². The van der Waals surface area contributed by atoms with E-state index in [4.69, 9.17) is 9.15 Å². The zero-order chi connectivity index (χ0) is 15.5. The molecule has 0 saturated carbocycles. The van der Waals surface area contributed by atoms with Crippen LogP contribution in [-0.4, -0.2) is 21.4 Å². The molecule has 0 fully saturated rings. The van der Waals surface area contributed by atoms with Crippen molar-refractivity contribution in [3.05, 3.63) is 47.7 Å². The lowest BCUT2D eigenvalue weighted by molar-refractivity contribution is 0.414. The number of aliphatic imine (C=N–C) groups is 1. The van der Waals surface area contributed by atoms with Gasteiger partial charge in [0.05, 0.1) is 24.8 Å². The summed E-state index contributed by atoms with van der Waals surface area (Å²) >= 11 is 0. The number of nitrogens with zero attached hydrogens (tertiary/aromatic N) is 1. The molecule has 1 heterocycles. The van der Waals surface area contributed by atoms with E-state index in [0.29, 0.717) is 0 Å². The number of ether oxygens (including phenoxy) is 1. The minimum Gasteiger partial charge on any atom is -0.497 e. The number of methoxy groups -OCH3 is 1. The van der Waals surface area contributed by atoms with Crippen molar-refractivity contribution >= 4 is 19.7 Å². The quantitative estimate of drug-likeness (QED) is 0.617. The molecule has 0 unspecified atom stereocenters. The number of rotatable bonds is 5. The average Bonchev–Trinajstić information content (AvgIpc) is 2.93. The predicted octanol–water partition coefficient (Wildman–Crippen LogP) is 4.01. The first-order valence-corrected chi connectivity index (χ1v) is 10.7. The Morgan fingerprint density at radius 3 is 2.38 bits per heavy atom. The van der Waals surface area contributed by atoms with Crippen molar-refractivity contribution in [2.45, 2.75) is 32.6 Å². The van der Waals surface area contributed by atoms with Gasteiger partial charge in [-0.05, 0) is 30.7 Å². The van der Waals surface area contributed by atoms with Gasteiger partial charge in [0, 0.05) is 11.8 Å². The Kier molecular flexibility index (Phi) is 4.68. The van der Waals surface area contributed by atoms with E-state index in [1.807, 2.05) is 24.4 Å². The van der Waals surface area contributed by atoms with E-state index in [2.05, 4.69) is 43.7 Å². The molecule has 0 spiro atoms. The van der Waals surface area contributed by atoms with Crippen LogP contribution in [0.4, 0.5) is 0 Å². The first-order valence-electron chi connectivity index (χ1n) is 7.17. The van der Waals surface area contributed by atoms with Gasteiger partial charge in [-0.1, -0.05) is 31.8 Å². The Bertz CT molecular complexity index is 608. The maximum absolute atomic E-state index is 5.65. The maximum atomic E-state index is 5.65. The van der Waals surface area contributed by atoms with Gasteiger partial charge in [-0.25, -0.2) is 0 Å². The van der Waals surface area contributed by atoms with Gasteiger partial charge in [0.15, 0.2) is 0 Å². The van der Waals surface area contributed by atoms with Gasteiger partial charge < -0.3 is 9.15 Å². The zero-order valence-corrected chi connectivity index (χ0v) is 14.4. The summed E-state index contributed by atoms with van der Waals surface area (Å²) in [5.74, 6) is 0.866. The molecule has 0 saturated heterocycles. The molecule has 1 aromatic carbocycles. The molecule has 0 aliphatic rings. The minimum absolute atomic E-state index is 0.111. The molecule has 0 amide bonds. The lowest BCUT2D eigenvalue weighted by Crippen LogP contribution is -2.38. The van der Waals surface area contributed by atoms with Gasteiger partial charge in [0.1, 0.15) is 13.8 Å². The molecule has 0 N–H and O–H groups in total. The van der Waals surface area contributed by atoms with Crippen LogP contribution in [-0.2, 0) is 0 Å². The summed E-state index contributed by atoms with van der Waals surface area (Å²) < 4.78 is 10.8. The summed E-state index contributed by atoms with van der Waals surface area (Å²) in [5, 5.41) is 1.10. The third-order valence-electron chi connectivity index (χ3n) is 3.41. The summed E-state index contributed by atoms with van der Waals surface area (Å²) in [4.78, 5) is 4.66. The fourth-order valence-corrected chi connectivity index (χ4v) is 3.63. The number of hydrogen-bond donors (Lipinski definition) is 0. The lowest BCUT2D eigenvalue weighted by Gasteiger charge is -2.13. The summed E-state index contributed by atoms with van der Waals surface area (Å²) in [6, 6.07) is 10.1. The van der Waals surface area contributed by atoms with Gasteiger partial charge in [-0.15, -0.1) is 0 Å². The Morgan fingerprint density at radius 2 is 1.81 bits per heavy atom. The van der Waals surface area contributed by atoms with Crippen molar-refractivity contribution in [1.82, 2.24) is 0 Å². The average molecular weight is 301 g/mol. The van der Waals surface area contributed by atoms with Crippen LogP contribution in [0.15, 0.2) is 46.0 Å². The highest BCUT2D eigenvalue weighted by Gasteiger charge is 2.23. The van der Waals surface area contributed by atoms with Crippen molar-refractivity contribution < 1.29 is 9.15 Å². The molecule has 21 heavy (non-hydrogen) atoms. The van der Waals surface area contributed by atoms with Crippen LogP contribution >= 0.6 is 0 Å². The molecule has 4 heteroatoms. The Labute approximate surface area is 127 Å². The van der Waals surface area contributed by atoms with Crippen LogP contribution in [0.25, 0.3) is 0 Å². The van der Waals surface area contributed by atoms with Gasteiger partial charge in [-0.3, -0.25) is 4.99 Å². The van der Waals surface area contributed by atoms with Crippen molar-refractivity contribution in [2.75, 3.05) is 7.11 Å². The predicted molar refractivity (Wildman–Crippen MR) is 90.7 cm³/mol. The molecule has 2 rings (SSSR count). The smallest absolute Gasteiger partial charge is 0.124 e. The molecular weight excluding hydrogens is 278 g/mol. The van der Waals surface area contributed by atoms with E-state index in [9.17, 15) is 0 Å². The minimum atomic E-state index is -1.46. The van der Waals surface area contributed by atoms with Gasteiger partial charge in [0.2, 0.25) is 0 Å². The molecule has 3 nitrogen and oxygen atoms in total. The number of hydrogen-bond acceptors (Lipinski definition) is 3. The van der Waals surface area contributed by atoms with Gasteiger partial charge in [0.25, 0.3) is 0 Å². The van der Waals surface area contributed by atoms with Gasteiger partial charge >= 0.3 is 0 Å². The zero-order valence-electron chi connectivity index (χ0n) is 13.4. The third-order valence-corrected chi connectivity index (χ3v) is 5.18. The summed E-state index contributed by atoms with van der Waals surface area (Å²) in [6.45, 7) is 8.91. The first-order chi connectivity index (χ1) is 9.91. The maximum Gasteiger partial charge on any atom is 0.124 e. The van der Waals surface area contributed by atoms with Crippen LogP contribution < -0.4 is 10.1 Å². The topological polar surface area (TPSA) is 34.7 Å². The fraction of sp³-hybridized carbons (Fsp3) is 0.353. The highest BCUT2D eigenvalue weighted by atomic mass is 28.3. The van der Waals surface area contributed by atoms with Crippen LogP contribution in [0.5, 0.6) is 5.75 Å². The standard InChI is InChI=1S/C17H23NO2Si/c1-13(14-6-8-16(19-2)9-7-14)18-12-15-10-11-20-17(15)21(3,4)5/h6-13H,1-5H3/t13-/m0/s1. The summed E-state index contributed by atoms with van der Waals surface area (Å²) in [6.07, 6.45) is 3.69. The van der Waals surface area contributed by atoms with Crippen molar-refractivity contribution in [1.29, 1.82) is 0 Å². The number of furan rings is 1. The van der Waals surface area contributed by atoms with Crippen LogP contribution in [0, 0.1) is 0 Å². The molecule has 2 aromatic rings. The molecule has 0 radical (unpaired) electrons. The Morgan fingerprint density at radius 1 is 1.14 bits per heavy atom. The van der Waals surface area contributed by atoms with Crippen LogP contribution in [0.2, 0.25) is 19.6 Å². The van der Waals surface area contributed by atoms with Crippen LogP contribution in [0.3, 0.4) is 0 Å². The third kappa shape index (κ3) is 3.85. The number of benzene rings is 1. The SMILES string of the molecule is COc1ccc([C@H](C)N=Cc2ccoc2[Si](C)(C)C)cc1. The molecule has 1 atom stereocenters. The first kappa shape index (κ1) is 15.6. The van der Waals surface area contributed by atoms with Gasteiger partial charge in [-0.2, -0.15) is 0 Å². The lowest BCUT2D eigenvalue weighted by atomic mass is 10.1. The summed E-state index contributed by atoms with van der Waals surface area (Å²) in [5.41, 5.74) is 2.28. The van der Waals surface area contributed by atoms with E-state index in [1.54, 1.807) is 13.4 Å². The fourth-order valence-electron chi connectivity index (χ4n) is 2.19. The van der Waals surface area contributed by atoms with Crippen molar-refractivity contribution in [3.63, 3.8) is 0 Å². The van der Waals surface area contributed by atoms with Crippen molar-refractivity contribution in [3.8, 4) is 5.75 Å². The van der Waals surface area contributed by atoms with Crippen LogP contribution in [0.1, 0.15) is 24.1 Å². The molecule has 1 aromatic heterocycles. The van der Waals surface area contributed by atoms with E-state index in [-0.39, 0.29) is 6.04 Å². The molecule has 0 bridgehead atoms. The molecule has 0 aliphatic carbocycles. The van der Waals surface area contributed by atoms with E-state index < -0.39 is 8.07 Å².